The second kappa shape index (κ2) is 10.2. The van der Waals surface area contributed by atoms with Gasteiger partial charge in [0.05, 0.1) is 35.5 Å². The molecule has 2 fully saturated rings. The average molecular weight is 550 g/mol. The Labute approximate surface area is 231 Å². The van der Waals surface area contributed by atoms with Crippen LogP contribution in [0.1, 0.15) is 18.9 Å². The zero-order valence-electron chi connectivity index (χ0n) is 22.0. The first kappa shape index (κ1) is 25.6. The zero-order valence-corrected chi connectivity index (χ0v) is 22.7. The Hall–Kier alpha value is -3.63. The van der Waals surface area contributed by atoms with Gasteiger partial charge in [-0.3, -0.25) is 14.5 Å². The van der Waals surface area contributed by atoms with E-state index in [1.165, 1.54) is 0 Å². The van der Waals surface area contributed by atoms with Crippen LogP contribution in [0.5, 0.6) is 5.75 Å². The number of allylic oxidation sites excluding steroid dienone is 1. The number of methoxy groups -OCH3 is 1. The predicted octanol–water partition coefficient (Wildman–Crippen LogP) is 3.04. The topological polar surface area (TPSA) is 129 Å². The van der Waals surface area contributed by atoms with Crippen LogP contribution in [0.15, 0.2) is 36.5 Å². The number of piperazine rings is 1. The Kier molecular flexibility index (Phi) is 6.68. The molecule has 6 rings (SSSR count). The summed E-state index contributed by atoms with van der Waals surface area (Å²) in [7, 11) is 1.64. The minimum absolute atomic E-state index is 0.126. The molecule has 1 unspecified atom stereocenters. The Morgan fingerprint density at radius 1 is 1.21 bits per heavy atom. The fraction of sp³-hybridized carbons (Fsp3) is 0.429. The summed E-state index contributed by atoms with van der Waals surface area (Å²) in [5.41, 5.74) is 9.54. The van der Waals surface area contributed by atoms with Crippen molar-refractivity contribution in [3.05, 3.63) is 47.1 Å². The normalized spacial score (nSPS) is 24.4. The number of rotatable bonds is 7. The number of halogens is 1. The van der Waals surface area contributed by atoms with E-state index < -0.39 is 0 Å². The van der Waals surface area contributed by atoms with E-state index in [1.54, 1.807) is 20.2 Å². The van der Waals surface area contributed by atoms with Gasteiger partial charge in [0.1, 0.15) is 17.1 Å². The average Bonchev–Trinajstić information content (AvgIpc) is 3.65. The fourth-order valence-corrected chi connectivity index (χ4v) is 6.48. The van der Waals surface area contributed by atoms with Crippen LogP contribution in [0.3, 0.4) is 0 Å². The molecule has 1 aromatic carbocycles. The summed E-state index contributed by atoms with van der Waals surface area (Å²) < 4.78 is 5.76. The minimum Gasteiger partial charge on any atom is -0.496 e. The van der Waals surface area contributed by atoms with Gasteiger partial charge in [-0.2, -0.15) is 0 Å². The van der Waals surface area contributed by atoms with Crippen LogP contribution < -0.4 is 15.8 Å². The molecule has 10 nitrogen and oxygen atoms in total. The molecule has 2 aromatic heterocycles. The first-order valence-corrected chi connectivity index (χ1v) is 13.6. The number of aromatic nitrogens is 3. The summed E-state index contributed by atoms with van der Waals surface area (Å²) in [5.74, 6) is 1.20. The van der Waals surface area contributed by atoms with Crippen LogP contribution in [-0.4, -0.2) is 75.9 Å². The number of H-pyrrole nitrogens is 1. The van der Waals surface area contributed by atoms with Crippen molar-refractivity contribution in [2.45, 2.75) is 25.9 Å². The highest BCUT2D eigenvalue weighted by Gasteiger charge is 2.47. The fourth-order valence-electron chi connectivity index (χ4n) is 6.28. The number of nitrogens with one attached hydrogen (secondary N) is 2. The van der Waals surface area contributed by atoms with E-state index in [9.17, 15) is 9.59 Å². The molecule has 2 aliphatic carbocycles. The van der Waals surface area contributed by atoms with Crippen LogP contribution in [0.2, 0.25) is 5.02 Å². The number of nitrogens with two attached hydrogens (primary N) is 1. The van der Waals surface area contributed by atoms with E-state index in [1.807, 2.05) is 17.0 Å². The molecule has 39 heavy (non-hydrogen) atoms. The Bertz CT molecular complexity index is 1460. The molecular formula is C28H32ClN7O3. The molecule has 1 aliphatic heterocycles. The molecule has 4 atom stereocenters. The maximum atomic E-state index is 12.2. The Morgan fingerprint density at radius 2 is 1.97 bits per heavy atom. The third kappa shape index (κ3) is 4.72. The lowest BCUT2D eigenvalue weighted by atomic mass is 9.88. The first-order valence-electron chi connectivity index (χ1n) is 13.3. The highest BCUT2D eigenvalue weighted by molar-refractivity contribution is 6.34. The van der Waals surface area contributed by atoms with Crippen molar-refractivity contribution in [3.63, 3.8) is 0 Å². The van der Waals surface area contributed by atoms with Crippen LogP contribution in [0.25, 0.3) is 22.6 Å². The number of ether oxygens (including phenoxy) is 1. The van der Waals surface area contributed by atoms with Gasteiger partial charge in [0.25, 0.3) is 0 Å². The lowest BCUT2D eigenvalue weighted by Crippen LogP contribution is -2.47. The third-order valence-electron chi connectivity index (χ3n) is 8.32. The minimum atomic E-state index is -0.304. The number of anilines is 1. The standard InChI is InChI=1S/C28H32ClN7O3/c1-15(37)36-9-7-35(8-10-36)14-16-3-6-19(21(11-16)39-2)27-33-25-24(20(29)13-31-28(25)34-27)32-23-18-5-4-17(12-18)22(23)26(30)38/h3-6,11,13,17-18,22-23H,7-10,12,14H2,1-2H3,(H2,30,38)(H2,31,32,33,34)/t17-,18?,22+,23-/m1/s1. The van der Waals surface area contributed by atoms with Crippen molar-refractivity contribution in [1.82, 2.24) is 24.8 Å². The molecule has 1 saturated heterocycles. The number of benzene rings is 1. The van der Waals surface area contributed by atoms with E-state index >= 15 is 0 Å². The van der Waals surface area contributed by atoms with Crippen LogP contribution in [0, 0.1) is 17.8 Å². The molecule has 204 valence electrons. The zero-order chi connectivity index (χ0) is 27.3. The van der Waals surface area contributed by atoms with E-state index in [-0.39, 0.29) is 35.6 Å². The van der Waals surface area contributed by atoms with Crippen molar-refractivity contribution in [2.75, 3.05) is 38.6 Å². The number of amides is 2. The van der Waals surface area contributed by atoms with Crippen molar-refractivity contribution < 1.29 is 14.3 Å². The third-order valence-corrected chi connectivity index (χ3v) is 8.60. The summed E-state index contributed by atoms with van der Waals surface area (Å²) >= 11 is 6.61. The molecule has 3 aromatic rings. The van der Waals surface area contributed by atoms with Gasteiger partial charge in [-0.05, 0) is 36.0 Å². The summed E-state index contributed by atoms with van der Waals surface area (Å²) in [5, 5.41) is 3.96. The van der Waals surface area contributed by atoms with Crippen molar-refractivity contribution >= 4 is 40.3 Å². The molecule has 3 heterocycles. The monoisotopic (exact) mass is 549 g/mol. The molecule has 0 radical (unpaired) electrons. The molecule has 3 aliphatic rings. The molecule has 2 amide bonds. The van der Waals surface area contributed by atoms with Crippen LogP contribution >= 0.6 is 11.6 Å². The number of primary amides is 1. The number of nitrogens with zero attached hydrogens (tertiary/aromatic N) is 4. The Morgan fingerprint density at radius 3 is 2.69 bits per heavy atom. The van der Waals surface area contributed by atoms with Gasteiger partial charge < -0.3 is 25.7 Å². The van der Waals surface area contributed by atoms with Gasteiger partial charge in [0.15, 0.2) is 5.65 Å². The van der Waals surface area contributed by atoms with Crippen LogP contribution in [-0.2, 0) is 16.1 Å². The summed E-state index contributed by atoms with van der Waals surface area (Å²) in [6.07, 6.45) is 6.73. The SMILES string of the molecule is COc1cc(CN2CCN(C(C)=O)CC2)ccc1-c1nc2ncc(Cl)c(N[C@@H]3C4C=C[C@H](C4)[C@@H]3C(N)=O)c2[nH]1. The maximum absolute atomic E-state index is 12.2. The van der Waals surface area contributed by atoms with E-state index in [4.69, 9.17) is 27.1 Å². The number of carbonyl (C=O) groups excluding carboxylic acids is 2. The van der Waals surface area contributed by atoms with Gasteiger partial charge in [0.2, 0.25) is 11.8 Å². The van der Waals surface area contributed by atoms with Gasteiger partial charge >= 0.3 is 0 Å². The van der Waals surface area contributed by atoms with Crippen molar-refractivity contribution in [3.8, 4) is 17.1 Å². The number of pyridine rings is 1. The second-order valence-corrected chi connectivity index (χ2v) is 11.0. The Balaban J connectivity index is 1.26. The van der Waals surface area contributed by atoms with E-state index in [0.717, 1.165) is 50.3 Å². The number of aromatic amines is 1. The molecule has 1 saturated carbocycles. The summed E-state index contributed by atoms with van der Waals surface area (Å²) in [6, 6.07) is 5.95. The quantitative estimate of drug-likeness (QED) is 0.386. The lowest BCUT2D eigenvalue weighted by Gasteiger charge is -2.34. The van der Waals surface area contributed by atoms with Gasteiger partial charge in [-0.25, -0.2) is 9.97 Å². The number of hydrogen-bond acceptors (Lipinski definition) is 7. The van der Waals surface area contributed by atoms with Gasteiger partial charge in [0, 0.05) is 45.7 Å². The first-order chi connectivity index (χ1) is 18.8. The lowest BCUT2D eigenvalue weighted by molar-refractivity contribution is -0.130. The van der Waals surface area contributed by atoms with Crippen molar-refractivity contribution in [2.24, 2.45) is 23.5 Å². The predicted molar refractivity (Wildman–Crippen MR) is 149 cm³/mol. The van der Waals surface area contributed by atoms with Crippen molar-refractivity contribution in [1.29, 1.82) is 0 Å². The summed E-state index contributed by atoms with van der Waals surface area (Å²) in [6.45, 7) is 5.55. The number of carbonyl (C=O) groups is 2. The van der Waals surface area contributed by atoms with Crippen LogP contribution in [0.4, 0.5) is 5.69 Å². The number of fused-ring (bicyclic) bond motifs is 3. The number of imidazole rings is 1. The molecule has 0 spiro atoms. The highest BCUT2D eigenvalue weighted by atomic mass is 35.5. The molecule has 2 bridgehead atoms. The van der Waals surface area contributed by atoms with E-state index in [0.29, 0.717) is 33.4 Å². The van der Waals surface area contributed by atoms with E-state index in [2.05, 4.69) is 38.4 Å². The number of hydrogen-bond donors (Lipinski definition) is 3. The molecule has 11 heteroatoms. The summed E-state index contributed by atoms with van der Waals surface area (Å²) in [4.78, 5) is 40.7. The van der Waals surface area contributed by atoms with Gasteiger partial charge in [-0.1, -0.05) is 29.8 Å². The smallest absolute Gasteiger partial charge is 0.223 e. The largest absolute Gasteiger partial charge is 0.496 e. The second-order valence-electron chi connectivity index (χ2n) is 10.6. The highest BCUT2D eigenvalue weighted by Crippen LogP contribution is 2.46. The molecule has 4 N–H and O–H groups in total. The van der Waals surface area contributed by atoms with Gasteiger partial charge in [-0.15, -0.1) is 0 Å². The maximum Gasteiger partial charge on any atom is 0.223 e. The molecular weight excluding hydrogens is 518 g/mol.